The summed E-state index contributed by atoms with van der Waals surface area (Å²) in [7, 11) is 0. The van der Waals surface area contributed by atoms with E-state index in [1.165, 1.54) is 41.3 Å². The van der Waals surface area contributed by atoms with E-state index in [4.69, 9.17) is 0 Å². The molecular weight excluding hydrogens is 268 g/mol. The number of fused-ring (bicyclic) bond motifs is 3. The molecule has 1 N–H and O–H groups in total. The Balaban J connectivity index is 1.77. The lowest BCUT2D eigenvalue weighted by molar-refractivity contribution is 0.384. The Bertz CT molecular complexity index is 843. The van der Waals surface area contributed by atoms with Crippen LogP contribution in [0.2, 0.25) is 0 Å². The van der Waals surface area contributed by atoms with E-state index in [-0.39, 0.29) is 0 Å². The van der Waals surface area contributed by atoms with Gasteiger partial charge in [-0.3, -0.25) is 0 Å². The summed E-state index contributed by atoms with van der Waals surface area (Å²) in [5.74, 6) is 0. The van der Waals surface area contributed by atoms with Gasteiger partial charge in [0.2, 0.25) is 0 Å². The molecule has 2 heterocycles. The third-order valence-electron chi connectivity index (χ3n) is 5.30. The van der Waals surface area contributed by atoms with Crippen molar-refractivity contribution in [2.24, 2.45) is 0 Å². The average Bonchev–Trinajstić information content (AvgIpc) is 2.92. The van der Waals surface area contributed by atoms with Crippen molar-refractivity contribution in [3.8, 4) is 11.1 Å². The van der Waals surface area contributed by atoms with Crippen molar-refractivity contribution in [1.29, 1.82) is 0 Å². The molecule has 0 unspecified atom stereocenters. The predicted molar refractivity (Wildman–Crippen MR) is 91.1 cm³/mol. The maximum absolute atomic E-state index is 3.70. The van der Waals surface area contributed by atoms with Crippen molar-refractivity contribution in [2.75, 3.05) is 6.54 Å². The highest BCUT2D eigenvalue weighted by atomic mass is 15.1. The smallest absolute Gasteiger partial charge is 0.0486 e. The summed E-state index contributed by atoms with van der Waals surface area (Å²) in [5.41, 5.74) is 7.24. The molecule has 0 saturated heterocycles. The molecule has 5 rings (SSSR count). The highest BCUT2D eigenvalue weighted by molar-refractivity contribution is 5.90. The van der Waals surface area contributed by atoms with Crippen LogP contribution in [0.25, 0.3) is 22.0 Å². The minimum Gasteiger partial charge on any atom is -0.342 e. The lowest BCUT2D eigenvalue weighted by Crippen LogP contribution is -2.35. The van der Waals surface area contributed by atoms with Gasteiger partial charge in [-0.2, -0.15) is 0 Å². The first-order valence-electron chi connectivity index (χ1n) is 8.35. The molecule has 2 nitrogen and oxygen atoms in total. The van der Waals surface area contributed by atoms with E-state index in [9.17, 15) is 0 Å². The number of aromatic nitrogens is 1. The Morgan fingerprint density at radius 2 is 1.91 bits per heavy atom. The zero-order chi connectivity index (χ0) is 14.5. The average molecular weight is 288 g/mol. The molecule has 0 spiro atoms. The molecule has 0 amide bonds. The van der Waals surface area contributed by atoms with Crippen LogP contribution in [0.4, 0.5) is 0 Å². The van der Waals surface area contributed by atoms with Crippen molar-refractivity contribution in [1.82, 2.24) is 9.88 Å². The quantitative estimate of drug-likeness (QED) is 0.707. The van der Waals surface area contributed by atoms with E-state index < -0.39 is 0 Å². The van der Waals surface area contributed by atoms with Crippen LogP contribution in [0.15, 0.2) is 48.5 Å². The molecule has 0 radical (unpaired) electrons. The summed E-state index contributed by atoms with van der Waals surface area (Å²) < 4.78 is 2.57. The van der Waals surface area contributed by atoms with Crippen molar-refractivity contribution in [2.45, 2.75) is 31.8 Å². The summed E-state index contributed by atoms with van der Waals surface area (Å²) in [6, 6.07) is 18.3. The fourth-order valence-electron chi connectivity index (χ4n) is 4.33. The molecule has 3 aromatic rings. The first-order chi connectivity index (χ1) is 10.9. The second-order valence-corrected chi connectivity index (χ2v) is 6.51. The normalized spacial score (nSPS) is 20.1. The number of hydrogen-bond acceptors (Lipinski definition) is 1. The standard InChI is InChI=1S/C20H20N2/c1-2-5-14(6-3-1)15-9-10-19-17(13-15)16-7-4-8-18-20(16)22(19)12-11-21-18/h1-3,5-6,9-10,13,18,21H,4,7-8,11-12H2/t18-/m1/s1. The van der Waals surface area contributed by atoms with E-state index in [0.717, 1.165) is 13.1 Å². The number of aryl methyl sites for hydroxylation is 1. The summed E-state index contributed by atoms with van der Waals surface area (Å²) in [5, 5.41) is 5.18. The Kier molecular flexibility index (Phi) is 2.68. The molecule has 0 saturated carbocycles. The van der Waals surface area contributed by atoms with E-state index in [1.807, 2.05) is 0 Å². The number of benzene rings is 2. The van der Waals surface area contributed by atoms with Crippen LogP contribution < -0.4 is 5.32 Å². The Morgan fingerprint density at radius 3 is 2.82 bits per heavy atom. The van der Waals surface area contributed by atoms with Crippen LogP contribution in [0, 0.1) is 0 Å². The van der Waals surface area contributed by atoms with Gasteiger partial charge in [0.25, 0.3) is 0 Å². The molecule has 110 valence electrons. The Labute approximate surface area is 130 Å². The minimum absolute atomic E-state index is 0.574. The zero-order valence-corrected chi connectivity index (χ0v) is 12.7. The van der Waals surface area contributed by atoms with E-state index in [1.54, 1.807) is 11.3 Å². The Morgan fingerprint density at radius 1 is 1.00 bits per heavy atom. The summed E-state index contributed by atoms with van der Waals surface area (Å²) >= 11 is 0. The van der Waals surface area contributed by atoms with E-state index in [2.05, 4.69) is 58.4 Å². The van der Waals surface area contributed by atoms with Gasteiger partial charge in [-0.05, 0) is 48.1 Å². The van der Waals surface area contributed by atoms with Crippen LogP contribution in [-0.4, -0.2) is 11.1 Å². The third-order valence-corrected chi connectivity index (χ3v) is 5.30. The monoisotopic (exact) mass is 288 g/mol. The molecule has 22 heavy (non-hydrogen) atoms. The summed E-state index contributed by atoms with van der Waals surface area (Å²) in [6.45, 7) is 2.20. The molecule has 2 aromatic carbocycles. The van der Waals surface area contributed by atoms with Crippen molar-refractivity contribution < 1.29 is 0 Å². The van der Waals surface area contributed by atoms with Gasteiger partial charge >= 0.3 is 0 Å². The molecular formula is C20H20N2. The number of rotatable bonds is 1. The largest absolute Gasteiger partial charge is 0.342 e. The molecule has 1 aromatic heterocycles. The fourth-order valence-corrected chi connectivity index (χ4v) is 4.33. The first kappa shape index (κ1) is 12.5. The predicted octanol–water partition coefficient (Wildman–Crippen LogP) is 4.29. The van der Waals surface area contributed by atoms with Gasteiger partial charge in [0, 0.05) is 35.7 Å². The van der Waals surface area contributed by atoms with Gasteiger partial charge in [0.1, 0.15) is 0 Å². The highest BCUT2D eigenvalue weighted by Crippen LogP contribution is 2.40. The third kappa shape index (κ3) is 1.71. The summed E-state index contributed by atoms with van der Waals surface area (Å²) in [6.07, 6.45) is 3.82. The number of nitrogens with zero attached hydrogens (tertiary/aromatic N) is 1. The second kappa shape index (κ2) is 4.72. The van der Waals surface area contributed by atoms with E-state index >= 15 is 0 Å². The molecule has 1 aliphatic heterocycles. The van der Waals surface area contributed by atoms with Gasteiger partial charge in [-0.1, -0.05) is 36.4 Å². The SMILES string of the molecule is c1ccc(-c2ccc3c(c2)c2c4n3CCN[C@@H]4CCC2)cc1. The van der Waals surface area contributed by atoms with Crippen molar-refractivity contribution >= 4 is 10.9 Å². The molecule has 1 aliphatic carbocycles. The lowest BCUT2D eigenvalue weighted by Gasteiger charge is -2.31. The van der Waals surface area contributed by atoms with Crippen LogP contribution in [0.3, 0.4) is 0 Å². The van der Waals surface area contributed by atoms with Gasteiger partial charge in [0.15, 0.2) is 0 Å². The Hall–Kier alpha value is -2.06. The van der Waals surface area contributed by atoms with Crippen molar-refractivity contribution in [3.05, 3.63) is 59.8 Å². The van der Waals surface area contributed by atoms with Crippen LogP contribution in [0.1, 0.15) is 30.1 Å². The van der Waals surface area contributed by atoms with Crippen molar-refractivity contribution in [3.63, 3.8) is 0 Å². The minimum atomic E-state index is 0.574. The van der Waals surface area contributed by atoms with Gasteiger partial charge in [-0.15, -0.1) is 0 Å². The van der Waals surface area contributed by atoms with Gasteiger partial charge < -0.3 is 9.88 Å². The van der Waals surface area contributed by atoms with Crippen LogP contribution >= 0.6 is 0 Å². The molecule has 0 fully saturated rings. The van der Waals surface area contributed by atoms with Crippen LogP contribution in [-0.2, 0) is 13.0 Å². The highest BCUT2D eigenvalue weighted by Gasteiger charge is 2.29. The maximum atomic E-state index is 3.70. The molecule has 0 bridgehead atoms. The maximum Gasteiger partial charge on any atom is 0.0486 e. The molecule has 2 heteroatoms. The zero-order valence-electron chi connectivity index (χ0n) is 12.7. The molecule has 1 atom stereocenters. The first-order valence-corrected chi connectivity index (χ1v) is 8.35. The van der Waals surface area contributed by atoms with Gasteiger partial charge in [0.05, 0.1) is 0 Å². The number of nitrogens with one attached hydrogen (secondary N) is 1. The lowest BCUT2D eigenvalue weighted by atomic mass is 9.90. The summed E-state index contributed by atoms with van der Waals surface area (Å²) in [4.78, 5) is 0. The topological polar surface area (TPSA) is 17.0 Å². The molecule has 2 aliphatic rings. The fraction of sp³-hybridized carbons (Fsp3) is 0.300. The van der Waals surface area contributed by atoms with Gasteiger partial charge in [-0.25, -0.2) is 0 Å². The van der Waals surface area contributed by atoms with E-state index in [0.29, 0.717) is 6.04 Å². The number of hydrogen-bond donors (Lipinski definition) is 1. The van der Waals surface area contributed by atoms with Crippen LogP contribution in [0.5, 0.6) is 0 Å². The second-order valence-electron chi connectivity index (χ2n) is 6.51.